The second kappa shape index (κ2) is 7.54. The summed E-state index contributed by atoms with van der Waals surface area (Å²) in [5, 5.41) is 12.5. The maximum Gasteiger partial charge on any atom is 0.270 e. The van der Waals surface area contributed by atoms with Gasteiger partial charge in [-0.05, 0) is 24.3 Å². The lowest BCUT2D eigenvalue weighted by atomic mass is 10.2. The normalized spacial score (nSPS) is 14.5. The summed E-state index contributed by atoms with van der Waals surface area (Å²) in [5.41, 5.74) is 1.30. The molecule has 4 rings (SSSR count). The van der Waals surface area contributed by atoms with E-state index in [0.717, 1.165) is 15.3 Å². The fourth-order valence-corrected chi connectivity index (χ4v) is 4.41. The van der Waals surface area contributed by atoms with Crippen LogP contribution in [-0.4, -0.2) is 46.9 Å². The lowest BCUT2D eigenvalue weighted by Crippen LogP contribution is -2.48. The number of nitro benzene ring substituents is 1. The SMILES string of the molecule is O=C(c1ccc(Cl)c(Cl)c1)N1CCN(c2nc3ccc([N+](=O)[O-])cc3s2)CC1. The Morgan fingerprint density at radius 3 is 2.50 bits per heavy atom. The van der Waals surface area contributed by atoms with Gasteiger partial charge in [-0.3, -0.25) is 14.9 Å². The number of aromatic nitrogens is 1. The average Bonchev–Trinajstić information content (AvgIpc) is 3.13. The van der Waals surface area contributed by atoms with Crippen molar-refractivity contribution in [2.75, 3.05) is 31.1 Å². The van der Waals surface area contributed by atoms with E-state index in [4.69, 9.17) is 23.2 Å². The van der Waals surface area contributed by atoms with Crippen LogP contribution in [0.2, 0.25) is 10.0 Å². The Morgan fingerprint density at radius 2 is 1.82 bits per heavy atom. The Morgan fingerprint density at radius 1 is 1.07 bits per heavy atom. The minimum absolute atomic E-state index is 0.0553. The number of anilines is 1. The number of nitro groups is 1. The van der Waals surface area contributed by atoms with Gasteiger partial charge in [0.05, 0.1) is 25.2 Å². The van der Waals surface area contributed by atoms with Gasteiger partial charge in [0.2, 0.25) is 0 Å². The summed E-state index contributed by atoms with van der Waals surface area (Å²) < 4.78 is 0.776. The highest BCUT2D eigenvalue weighted by Crippen LogP contribution is 2.32. The quantitative estimate of drug-likeness (QED) is 0.446. The molecule has 2 aromatic carbocycles. The van der Waals surface area contributed by atoms with Crippen molar-refractivity contribution >= 4 is 61.5 Å². The minimum atomic E-state index is -0.410. The van der Waals surface area contributed by atoms with Crippen LogP contribution >= 0.6 is 34.5 Å². The molecule has 144 valence electrons. The van der Waals surface area contributed by atoms with Crippen LogP contribution in [0.4, 0.5) is 10.8 Å². The number of hydrogen-bond acceptors (Lipinski definition) is 6. The molecule has 0 atom stereocenters. The van der Waals surface area contributed by atoms with E-state index in [9.17, 15) is 14.9 Å². The summed E-state index contributed by atoms with van der Waals surface area (Å²) in [7, 11) is 0. The van der Waals surface area contributed by atoms with Crippen LogP contribution in [0.25, 0.3) is 10.2 Å². The number of thiazole rings is 1. The van der Waals surface area contributed by atoms with Gasteiger partial charge in [0.1, 0.15) is 0 Å². The molecule has 0 radical (unpaired) electrons. The van der Waals surface area contributed by atoms with Gasteiger partial charge in [-0.2, -0.15) is 0 Å². The van der Waals surface area contributed by atoms with Crippen LogP contribution in [0.3, 0.4) is 0 Å². The van der Waals surface area contributed by atoms with Crippen LogP contribution < -0.4 is 4.90 Å². The standard InChI is InChI=1S/C18H14Cl2N4O3S/c19-13-3-1-11(9-14(13)20)17(25)22-5-7-23(8-6-22)18-21-15-4-2-12(24(26)27)10-16(15)28-18/h1-4,9-10H,5-8H2. The predicted octanol–water partition coefficient (Wildman–Crippen LogP) is 4.47. The number of nitrogens with zero attached hydrogens (tertiary/aromatic N) is 4. The monoisotopic (exact) mass is 436 g/mol. The number of halogens is 2. The van der Waals surface area contributed by atoms with Gasteiger partial charge < -0.3 is 9.80 Å². The molecule has 1 aromatic heterocycles. The molecule has 1 aliphatic heterocycles. The minimum Gasteiger partial charge on any atom is -0.345 e. The first-order valence-electron chi connectivity index (χ1n) is 8.46. The zero-order valence-electron chi connectivity index (χ0n) is 14.5. The van der Waals surface area contributed by atoms with Gasteiger partial charge >= 0.3 is 0 Å². The highest BCUT2D eigenvalue weighted by atomic mass is 35.5. The van der Waals surface area contributed by atoms with E-state index in [1.54, 1.807) is 35.2 Å². The fraction of sp³-hybridized carbons (Fsp3) is 0.222. The number of amides is 1. The molecule has 3 aromatic rings. The molecule has 0 N–H and O–H groups in total. The summed E-state index contributed by atoms with van der Waals surface area (Å²) in [5.74, 6) is -0.0851. The van der Waals surface area contributed by atoms with E-state index in [1.165, 1.54) is 17.4 Å². The average molecular weight is 437 g/mol. The molecule has 28 heavy (non-hydrogen) atoms. The second-order valence-electron chi connectivity index (χ2n) is 6.31. The smallest absolute Gasteiger partial charge is 0.270 e. The van der Waals surface area contributed by atoms with E-state index in [1.807, 2.05) is 0 Å². The highest BCUT2D eigenvalue weighted by molar-refractivity contribution is 7.22. The number of benzene rings is 2. The van der Waals surface area contributed by atoms with Crippen molar-refractivity contribution in [1.82, 2.24) is 9.88 Å². The number of carbonyl (C=O) groups excluding carboxylic acids is 1. The van der Waals surface area contributed by atoms with Crippen molar-refractivity contribution in [3.05, 3.63) is 62.1 Å². The summed E-state index contributed by atoms with van der Waals surface area (Å²) in [6.07, 6.45) is 0. The third-order valence-corrected chi connectivity index (χ3v) is 6.39. The van der Waals surface area contributed by atoms with Gasteiger partial charge in [-0.1, -0.05) is 34.5 Å². The zero-order chi connectivity index (χ0) is 19.8. The Bertz CT molecular complexity index is 1080. The Balaban J connectivity index is 1.46. The number of carbonyl (C=O) groups is 1. The molecule has 0 aliphatic carbocycles. The molecule has 10 heteroatoms. The second-order valence-corrected chi connectivity index (χ2v) is 8.14. The van der Waals surface area contributed by atoms with Crippen molar-refractivity contribution in [2.45, 2.75) is 0 Å². The van der Waals surface area contributed by atoms with E-state index >= 15 is 0 Å². The zero-order valence-corrected chi connectivity index (χ0v) is 16.8. The molecule has 0 bridgehead atoms. The van der Waals surface area contributed by atoms with E-state index < -0.39 is 4.92 Å². The molecular weight excluding hydrogens is 423 g/mol. The van der Waals surface area contributed by atoms with Crippen molar-refractivity contribution in [3.63, 3.8) is 0 Å². The summed E-state index contributed by atoms with van der Waals surface area (Å²) in [6, 6.07) is 9.54. The number of hydrogen-bond donors (Lipinski definition) is 0. The van der Waals surface area contributed by atoms with Gasteiger partial charge in [-0.15, -0.1) is 0 Å². The summed E-state index contributed by atoms with van der Waals surface area (Å²) in [6.45, 7) is 2.37. The van der Waals surface area contributed by atoms with Crippen LogP contribution in [0, 0.1) is 10.1 Å². The maximum absolute atomic E-state index is 12.7. The molecular formula is C18H14Cl2N4O3S. The number of rotatable bonds is 3. The van der Waals surface area contributed by atoms with Crippen molar-refractivity contribution < 1.29 is 9.72 Å². The lowest BCUT2D eigenvalue weighted by molar-refractivity contribution is -0.384. The molecule has 1 amide bonds. The first-order valence-corrected chi connectivity index (χ1v) is 10.0. The number of fused-ring (bicyclic) bond motifs is 1. The van der Waals surface area contributed by atoms with Gasteiger partial charge in [0.15, 0.2) is 5.13 Å². The first kappa shape index (κ1) is 18.9. The molecule has 1 aliphatic rings. The molecule has 7 nitrogen and oxygen atoms in total. The van der Waals surface area contributed by atoms with Crippen molar-refractivity contribution in [1.29, 1.82) is 0 Å². The van der Waals surface area contributed by atoms with Crippen molar-refractivity contribution in [2.24, 2.45) is 0 Å². The van der Waals surface area contributed by atoms with Gasteiger partial charge in [-0.25, -0.2) is 4.98 Å². The van der Waals surface area contributed by atoms with Crippen molar-refractivity contribution in [3.8, 4) is 0 Å². The third-order valence-electron chi connectivity index (χ3n) is 4.58. The molecule has 0 saturated carbocycles. The predicted molar refractivity (Wildman–Crippen MR) is 111 cm³/mol. The Hall–Kier alpha value is -2.42. The van der Waals surface area contributed by atoms with Gasteiger partial charge in [0, 0.05) is 43.9 Å². The molecule has 0 unspecified atom stereocenters. The summed E-state index contributed by atoms with van der Waals surface area (Å²) >= 11 is 13.3. The number of piperazine rings is 1. The molecule has 2 heterocycles. The van der Waals surface area contributed by atoms with Crippen LogP contribution in [-0.2, 0) is 0 Å². The lowest BCUT2D eigenvalue weighted by Gasteiger charge is -2.34. The van der Waals surface area contributed by atoms with E-state index in [-0.39, 0.29) is 11.6 Å². The molecule has 1 fully saturated rings. The largest absolute Gasteiger partial charge is 0.345 e. The maximum atomic E-state index is 12.7. The molecule has 1 saturated heterocycles. The fourth-order valence-electron chi connectivity index (χ4n) is 3.06. The topological polar surface area (TPSA) is 79.6 Å². The Kier molecular flexibility index (Phi) is 5.09. The van der Waals surface area contributed by atoms with Crippen LogP contribution in [0.5, 0.6) is 0 Å². The van der Waals surface area contributed by atoms with Gasteiger partial charge in [0.25, 0.3) is 11.6 Å². The highest BCUT2D eigenvalue weighted by Gasteiger charge is 2.24. The summed E-state index contributed by atoms with van der Waals surface area (Å²) in [4.78, 5) is 31.6. The molecule has 0 spiro atoms. The third kappa shape index (κ3) is 3.63. The Labute approximate surface area is 174 Å². The van der Waals surface area contributed by atoms with E-state index in [0.29, 0.717) is 41.8 Å². The first-order chi connectivity index (χ1) is 13.4. The van der Waals surface area contributed by atoms with E-state index in [2.05, 4.69) is 9.88 Å². The van der Waals surface area contributed by atoms with Crippen LogP contribution in [0.15, 0.2) is 36.4 Å². The van der Waals surface area contributed by atoms with Crippen LogP contribution in [0.1, 0.15) is 10.4 Å². The number of non-ortho nitro benzene ring substituents is 1.